The zero-order valence-electron chi connectivity index (χ0n) is 14.4. The van der Waals surface area contributed by atoms with Crippen molar-refractivity contribution in [3.63, 3.8) is 0 Å². The largest absolute Gasteiger partial charge is 0.384 e. The molecule has 5 nitrogen and oxygen atoms in total. The molecule has 0 fully saturated rings. The molecule has 0 atom stereocenters. The summed E-state index contributed by atoms with van der Waals surface area (Å²) in [4.78, 5) is 3.47. The van der Waals surface area contributed by atoms with E-state index < -0.39 is 32.9 Å². The van der Waals surface area contributed by atoms with Gasteiger partial charge in [0.05, 0.1) is 16.3 Å². The van der Waals surface area contributed by atoms with Crippen molar-refractivity contribution in [2.45, 2.75) is 4.90 Å². The number of halogens is 4. The molecule has 2 aromatic carbocycles. The highest BCUT2D eigenvalue weighted by molar-refractivity contribution is 7.92. The maximum atomic E-state index is 14.8. The summed E-state index contributed by atoms with van der Waals surface area (Å²) in [6.07, 6.45) is 1.34. The molecule has 1 aromatic heterocycles. The van der Waals surface area contributed by atoms with Crippen LogP contribution in [0.4, 0.5) is 20.3 Å². The van der Waals surface area contributed by atoms with E-state index in [0.29, 0.717) is 5.56 Å². The molecule has 0 aliphatic rings. The van der Waals surface area contributed by atoms with Crippen molar-refractivity contribution in [3.8, 4) is 11.8 Å². The van der Waals surface area contributed by atoms with Gasteiger partial charge in [0.25, 0.3) is 10.0 Å². The number of hydrogen-bond acceptors (Lipinski definition) is 4. The van der Waals surface area contributed by atoms with Gasteiger partial charge in [-0.05, 0) is 42.5 Å². The van der Waals surface area contributed by atoms with Crippen molar-refractivity contribution in [3.05, 3.63) is 81.5 Å². The van der Waals surface area contributed by atoms with E-state index in [1.165, 1.54) is 30.5 Å². The number of rotatable bonds is 3. The molecule has 3 N–H and O–H groups in total. The Balaban J connectivity index is 1.99. The van der Waals surface area contributed by atoms with Crippen LogP contribution in [-0.4, -0.2) is 13.4 Å². The number of sulfonamides is 1. The summed E-state index contributed by atoms with van der Waals surface area (Å²) in [7, 11) is -4.29. The highest BCUT2D eigenvalue weighted by atomic mass is 35.5. The number of aromatic nitrogens is 1. The zero-order valence-corrected chi connectivity index (χ0v) is 16.7. The topological polar surface area (TPSA) is 85.1 Å². The SMILES string of the molecule is Nc1ccc(C#Cc2c(F)ccc(NS(=O)(=O)c3cc(Cl)ccc3Cl)c2F)cn1. The Hall–Kier alpha value is -2.86. The van der Waals surface area contributed by atoms with Gasteiger partial charge < -0.3 is 5.73 Å². The predicted molar refractivity (Wildman–Crippen MR) is 108 cm³/mol. The van der Waals surface area contributed by atoms with E-state index in [2.05, 4.69) is 16.8 Å². The van der Waals surface area contributed by atoms with Crippen LogP contribution in [0.15, 0.2) is 53.6 Å². The van der Waals surface area contributed by atoms with Gasteiger partial charge in [0.2, 0.25) is 0 Å². The maximum absolute atomic E-state index is 14.8. The minimum absolute atomic E-state index is 0.111. The van der Waals surface area contributed by atoms with E-state index in [4.69, 9.17) is 28.9 Å². The lowest BCUT2D eigenvalue weighted by molar-refractivity contribution is 0.578. The summed E-state index contributed by atoms with van der Waals surface area (Å²) in [6.45, 7) is 0. The van der Waals surface area contributed by atoms with E-state index in [0.717, 1.165) is 18.2 Å². The second kappa shape index (κ2) is 8.25. The highest BCUT2D eigenvalue weighted by Crippen LogP contribution is 2.28. The third-order valence-electron chi connectivity index (χ3n) is 3.64. The van der Waals surface area contributed by atoms with Gasteiger partial charge in [-0.2, -0.15) is 0 Å². The average Bonchev–Trinajstić information content (AvgIpc) is 2.67. The monoisotopic (exact) mass is 453 g/mol. The van der Waals surface area contributed by atoms with E-state index in [1.807, 2.05) is 4.72 Å². The van der Waals surface area contributed by atoms with E-state index >= 15 is 0 Å². The molecule has 0 unspecified atom stereocenters. The van der Waals surface area contributed by atoms with Crippen molar-refractivity contribution >= 4 is 44.7 Å². The van der Waals surface area contributed by atoms with Crippen LogP contribution in [0.5, 0.6) is 0 Å². The Morgan fingerprint density at radius 1 is 1.03 bits per heavy atom. The van der Waals surface area contributed by atoms with Gasteiger partial charge in [-0.3, -0.25) is 4.72 Å². The molecule has 0 radical (unpaired) electrons. The Kier molecular flexibility index (Phi) is 5.94. The van der Waals surface area contributed by atoms with Crippen LogP contribution >= 0.6 is 23.2 Å². The van der Waals surface area contributed by atoms with E-state index in [-0.39, 0.29) is 20.8 Å². The molecule has 0 aliphatic heterocycles. The number of anilines is 2. The fraction of sp³-hybridized carbons (Fsp3) is 0. The minimum Gasteiger partial charge on any atom is -0.384 e. The molecule has 148 valence electrons. The van der Waals surface area contributed by atoms with Gasteiger partial charge in [0, 0.05) is 16.8 Å². The Morgan fingerprint density at radius 3 is 2.48 bits per heavy atom. The van der Waals surface area contributed by atoms with Crippen molar-refractivity contribution in [1.29, 1.82) is 0 Å². The first-order chi connectivity index (χ1) is 13.7. The molecule has 29 heavy (non-hydrogen) atoms. The van der Waals surface area contributed by atoms with Crippen LogP contribution in [-0.2, 0) is 10.0 Å². The van der Waals surface area contributed by atoms with E-state index in [9.17, 15) is 17.2 Å². The second-order valence-corrected chi connectivity index (χ2v) is 8.18. The number of hydrogen-bond donors (Lipinski definition) is 2. The first-order valence-electron chi connectivity index (χ1n) is 7.87. The number of nitrogens with zero attached hydrogens (tertiary/aromatic N) is 1. The lowest BCUT2D eigenvalue weighted by Gasteiger charge is -2.11. The molecule has 3 aromatic rings. The third-order valence-corrected chi connectivity index (χ3v) is 5.72. The first kappa shape index (κ1) is 20.9. The fourth-order valence-electron chi connectivity index (χ4n) is 2.24. The lowest BCUT2D eigenvalue weighted by atomic mass is 10.1. The quantitative estimate of drug-likeness (QED) is 0.573. The molecular weight excluding hydrogens is 443 g/mol. The van der Waals surface area contributed by atoms with Crippen molar-refractivity contribution in [1.82, 2.24) is 4.98 Å². The van der Waals surface area contributed by atoms with Crippen LogP contribution in [0.25, 0.3) is 0 Å². The standard InChI is InChI=1S/C19H11Cl2F2N3O2S/c20-12-3-5-14(21)17(9-12)29(27,28)26-16-7-6-15(22)13(19(16)23)4-1-11-2-8-18(24)25-10-11/h2-3,5-10,26H,(H2,24,25). The minimum atomic E-state index is -4.29. The predicted octanol–water partition coefficient (Wildman–Crippen LogP) is 4.45. The number of benzene rings is 2. The van der Waals surface area contributed by atoms with Gasteiger partial charge in [-0.15, -0.1) is 0 Å². The fourth-order valence-corrected chi connectivity index (χ4v) is 4.07. The molecular formula is C19H11Cl2F2N3O2S. The molecule has 0 saturated heterocycles. The molecule has 10 heteroatoms. The van der Waals surface area contributed by atoms with Gasteiger partial charge >= 0.3 is 0 Å². The van der Waals surface area contributed by atoms with Crippen LogP contribution in [0.2, 0.25) is 10.0 Å². The summed E-state index contributed by atoms with van der Waals surface area (Å²) in [6, 6.07) is 8.65. The molecule has 0 saturated carbocycles. The second-order valence-electron chi connectivity index (χ2n) is 5.69. The molecule has 0 spiro atoms. The molecule has 0 amide bonds. The van der Waals surface area contributed by atoms with Crippen molar-refractivity contribution in [2.24, 2.45) is 0 Å². The number of nitrogens with one attached hydrogen (secondary N) is 1. The summed E-state index contributed by atoms with van der Waals surface area (Å²) in [5, 5.41) is 0.0123. The van der Waals surface area contributed by atoms with Gasteiger partial charge in [0.15, 0.2) is 5.82 Å². The maximum Gasteiger partial charge on any atom is 0.263 e. The van der Waals surface area contributed by atoms with Crippen LogP contribution in [0.1, 0.15) is 11.1 Å². The summed E-state index contributed by atoms with van der Waals surface area (Å²) in [5.74, 6) is 3.02. The smallest absolute Gasteiger partial charge is 0.263 e. The molecule has 1 heterocycles. The number of nitrogens with two attached hydrogens (primary N) is 1. The third kappa shape index (κ3) is 4.77. The molecule has 0 aliphatic carbocycles. The highest BCUT2D eigenvalue weighted by Gasteiger charge is 2.22. The lowest BCUT2D eigenvalue weighted by Crippen LogP contribution is -2.15. The van der Waals surface area contributed by atoms with Gasteiger partial charge in [-0.25, -0.2) is 22.2 Å². The van der Waals surface area contributed by atoms with E-state index in [1.54, 1.807) is 0 Å². The van der Waals surface area contributed by atoms with Gasteiger partial charge in [-0.1, -0.05) is 35.0 Å². The normalized spacial score (nSPS) is 10.9. The van der Waals surface area contributed by atoms with Crippen LogP contribution in [0, 0.1) is 23.5 Å². The molecule has 3 rings (SSSR count). The Morgan fingerprint density at radius 2 is 1.79 bits per heavy atom. The number of pyridine rings is 1. The van der Waals surface area contributed by atoms with Crippen LogP contribution in [0.3, 0.4) is 0 Å². The van der Waals surface area contributed by atoms with Crippen molar-refractivity contribution in [2.75, 3.05) is 10.5 Å². The first-order valence-corrected chi connectivity index (χ1v) is 10.1. The molecule has 0 bridgehead atoms. The zero-order chi connectivity index (χ0) is 21.2. The number of nitrogen functional groups attached to an aromatic ring is 1. The summed E-state index contributed by atoms with van der Waals surface area (Å²) >= 11 is 11.7. The summed E-state index contributed by atoms with van der Waals surface area (Å²) in [5.41, 5.74) is 4.73. The average molecular weight is 454 g/mol. The summed E-state index contributed by atoms with van der Waals surface area (Å²) < 4.78 is 56.0. The van der Waals surface area contributed by atoms with Gasteiger partial charge in [0.1, 0.15) is 16.5 Å². The van der Waals surface area contributed by atoms with Crippen LogP contribution < -0.4 is 10.5 Å². The Labute approximate surface area is 175 Å². The Bertz CT molecular complexity index is 1250. The van der Waals surface area contributed by atoms with Crippen molar-refractivity contribution < 1.29 is 17.2 Å².